The topological polar surface area (TPSA) is 95.7 Å². The van der Waals surface area contributed by atoms with Gasteiger partial charge >= 0.3 is 0 Å². The highest BCUT2D eigenvalue weighted by molar-refractivity contribution is 6.03. The molecule has 7 heteroatoms. The summed E-state index contributed by atoms with van der Waals surface area (Å²) >= 11 is 0. The highest BCUT2D eigenvalue weighted by Gasteiger charge is 2.20. The number of nitrogens with two attached hydrogens (primary N) is 1. The van der Waals surface area contributed by atoms with E-state index in [4.69, 9.17) is 5.73 Å². The molecule has 3 rings (SSSR count). The zero-order valence-corrected chi connectivity index (χ0v) is 15.9. The second kappa shape index (κ2) is 8.67. The molecule has 2 aromatic rings. The molecule has 0 aromatic heterocycles. The van der Waals surface area contributed by atoms with Crippen molar-refractivity contribution in [2.24, 2.45) is 5.73 Å². The number of hydrogen-bond donors (Lipinski definition) is 2. The van der Waals surface area contributed by atoms with Crippen molar-refractivity contribution in [1.82, 2.24) is 4.90 Å². The van der Waals surface area contributed by atoms with Gasteiger partial charge in [0, 0.05) is 37.4 Å². The molecular formula is C21H24N4O3. The zero-order chi connectivity index (χ0) is 20.1. The number of carbonyl (C=O) groups excluding carboxylic acids is 3. The van der Waals surface area contributed by atoms with Gasteiger partial charge in [-0.3, -0.25) is 19.3 Å². The van der Waals surface area contributed by atoms with E-state index >= 15 is 0 Å². The Labute approximate surface area is 164 Å². The summed E-state index contributed by atoms with van der Waals surface area (Å²) in [5, 5.41) is 2.77. The number of nitrogens with one attached hydrogen (secondary N) is 1. The van der Waals surface area contributed by atoms with Gasteiger partial charge in [0.15, 0.2) is 5.78 Å². The maximum atomic E-state index is 12.4. The summed E-state index contributed by atoms with van der Waals surface area (Å²) in [7, 11) is 0. The van der Waals surface area contributed by atoms with Crippen LogP contribution in [0.3, 0.4) is 0 Å². The Bertz CT molecular complexity index is 871. The van der Waals surface area contributed by atoms with Gasteiger partial charge in [-0.05, 0) is 43.3 Å². The number of nitrogens with zero attached hydrogens (tertiary/aromatic N) is 2. The number of ketones is 1. The van der Waals surface area contributed by atoms with Crippen LogP contribution in [0.15, 0.2) is 48.5 Å². The summed E-state index contributed by atoms with van der Waals surface area (Å²) in [6, 6.07) is 14.3. The molecule has 2 aromatic carbocycles. The van der Waals surface area contributed by atoms with Crippen molar-refractivity contribution in [2.75, 3.05) is 42.9 Å². The van der Waals surface area contributed by atoms with Crippen molar-refractivity contribution < 1.29 is 14.4 Å². The van der Waals surface area contributed by atoms with Crippen molar-refractivity contribution >= 4 is 29.0 Å². The minimum atomic E-state index is -0.569. The molecule has 1 aliphatic heterocycles. The molecule has 0 radical (unpaired) electrons. The van der Waals surface area contributed by atoms with Crippen molar-refractivity contribution in [3.63, 3.8) is 0 Å². The highest BCUT2D eigenvalue weighted by Crippen LogP contribution is 2.18. The largest absolute Gasteiger partial charge is 0.369 e. The van der Waals surface area contributed by atoms with Gasteiger partial charge in [-0.25, -0.2) is 0 Å². The van der Waals surface area contributed by atoms with Crippen LogP contribution in [0.2, 0.25) is 0 Å². The molecule has 0 aliphatic carbocycles. The Morgan fingerprint density at radius 3 is 2.21 bits per heavy atom. The molecule has 146 valence electrons. The number of amides is 2. The lowest BCUT2D eigenvalue weighted by Gasteiger charge is -2.35. The number of anilines is 2. The third kappa shape index (κ3) is 4.75. The second-order valence-corrected chi connectivity index (χ2v) is 6.82. The highest BCUT2D eigenvalue weighted by atomic mass is 16.2. The molecule has 2 amide bonds. The van der Waals surface area contributed by atoms with E-state index in [-0.39, 0.29) is 18.2 Å². The fourth-order valence-electron chi connectivity index (χ4n) is 3.27. The van der Waals surface area contributed by atoms with Crippen LogP contribution in [0.4, 0.5) is 11.4 Å². The van der Waals surface area contributed by atoms with Gasteiger partial charge in [0.1, 0.15) is 0 Å². The molecule has 0 bridgehead atoms. The second-order valence-electron chi connectivity index (χ2n) is 6.82. The molecule has 1 aliphatic rings. The number of benzene rings is 2. The third-order valence-corrected chi connectivity index (χ3v) is 4.85. The Balaban J connectivity index is 1.52. The monoisotopic (exact) mass is 380 g/mol. The van der Waals surface area contributed by atoms with E-state index < -0.39 is 5.91 Å². The smallest absolute Gasteiger partial charge is 0.250 e. The quantitative estimate of drug-likeness (QED) is 0.745. The first-order valence-electron chi connectivity index (χ1n) is 9.21. The van der Waals surface area contributed by atoms with E-state index in [1.54, 1.807) is 31.2 Å². The van der Waals surface area contributed by atoms with Crippen LogP contribution in [-0.2, 0) is 4.79 Å². The molecule has 0 saturated carbocycles. The van der Waals surface area contributed by atoms with Gasteiger partial charge in [-0.1, -0.05) is 12.1 Å². The minimum absolute atomic E-state index is 0.0558. The SMILES string of the molecule is CC(=O)c1ccc(N2CCN(CC(=O)Nc3ccccc3C(N)=O)CC2)cc1. The maximum Gasteiger partial charge on any atom is 0.250 e. The van der Waals surface area contributed by atoms with E-state index in [0.717, 1.165) is 31.9 Å². The van der Waals surface area contributed by atoms with Crippen molar-refractivity contribution in [2.45, 2.75) is 6.92 Å². The van der Waals surface area contributed by atoms with Crippen LogP contribution in [0, 0.1) is 0 Å². The Morgan fingerprint density at radius 2 is 1.61 bits per heavy atom. The Kier molecular flexibility index (Phi) is 6.06. The zero-order valence-electron chi connectivity index (χ0n) is 15.9. The number of piperazine rings is 1. The molecule has 1 fully saturated rings. The summed E-state index contributed by atoms with van der Waals surface area (Å²) < 4.78 is 0. The first kappa shape index (κ1) is 19.6. The molecule has 1 heterocycles. The Hall–Kier alpha value is -3.19. The van der Waals surface area contributed by atoms with E-state index in [2.05, 4.69) is 15.1 Å². The summed E-state index contributed by atoms with van der Waals surface area (Å²) in [4.78, 5) is 39.5. The lowest BCUT2D eigenvalue weighted by Crippen LogP contribution is -2.48. The Morgan fingerprint density at radius 1 is 0.964 bits per heavy atom. The number of primary amides is 1. The van der Waals surface area contributed by atoms with Gasteiger partial charge in [0.05, 0.1) is 17.8 Å². The van der Waals surface area contributed by atoms with Crippen LogP contribution in [0.1, 0.15) is 27.6 Å². The molecular weight excluding hydrogens is 356 g/mol. The lowest BCUT2D eigenvalue weighted by atomic mass is 10.1. The summed E-state index contributed by atoms with van der Waals surface area (Å²) in [6.45, 7) is 4.90. The standard InChI is InChI=1S/C21H24N4O3/c1-15(26)16-6-8-17(9-7-16)25-12-10-24(11-13-25)14-20(27)23-19-5-3-2-4-18(19)21(22)28/h2-9H,10-14H2,1H3,(H2,22,28)(H,23,27). The number of hydrogen-bond acceptors (Lipinski definition) is 5. The molecule has 0 atom stereocenters. The fourth-order valence-corrected chi connectivity index (χ4v) is 3.27. The lowest BCUT2D eigenvalue weighted by molar-refractivity contribution is -0.117. The van der Waals surface area contributed by atoms with Crippen LogP contribution in [-0.4, -0.2) is 55.2 Å². The average molecular weight is 380 g/mol. The predicted molar refractivity (Wildman–Crippen MR) is 109 cm³/mol. The number of carbonyl (C=O) groups is 3. The fraction of sp³-hybridized carbons (Fsp3) is 0.286. The third-order valence-electron chi connectivity index (χ3n) is 4.85. The maximum absolute atomic E-state index is 12.4. The van der Waals surface area contributed by atoms with E-state index in [1.807, 2.05) is 24.3 Å². The predicted octanol–water partition coefficient (Wildman–Crippen LogP) is 1.75. The van der Waals surface area contributed by atoms with Crippen LogP contribution >= 0.6 is 0 Å². The van der Waals surface area contributed by atoms with Crippen LogP contribution in [0.25, 0.3) is 0 Å². The number of Topliss-reactive ketones (excluding diaryl/α,β-unsaturated/α-hetero) is 1. The molecule has 1 saturated heterocycles. The number of para-hydroxylation sites is 1. The van der Waals surface area contributed by atoms with Crippen LogP contribution < -0.4 is 16.0 Å². The molecule has 7 nitrogen and oxygen atoms in total. The molecule has 3 N–H and O–H groups in total. The first-order valence-corrected chi connectivity index (χ1v) is 9.21. The van der Waals surface area contributed by atoms with Gasteiger partial charge in [0.2, 0.25) is 5.91 Å². The van der Waals surface area contributed by atoms with Crippen molar-refractivity contribution in [1.29, 1.82) is 0 Å². The van der Waals surface area contributed by atoms with Crippen molar-refractivity contribution in [3.05, 3.63) is 59.7 Å². The summed E-state index contributed by atoms with van der Waals surface area (Å²) in [6.07, 6.45) is 0. The first-order chi connectivity index (χ1) is 13.4. The summed E-state index contributed by atoms with van der Waals surface area (Å²) in [5.74, 6) is -0.687. The van der Waals surface area contributed by atoms with Gasteiger partial charge in [0.25, 0.3) is 5.91 Å². The van der Waals surface area contributed by atoms with Gasteiger partial charge in [-0.2, -0.15) is 0 Å². The van der Waals surface area contributed by atoms with E-state index in [9.17, 15) is 14.4 Å². The number of rotatable bonds is 6. The van der Waals surface area contributed by atoms with Gasteiger partial charge < -0.3 is 16.0 Å². The van der Waals surface area contributed by atoms with Crippen LogP contribution in [0.5, 0.6) is 0 Å². The van der Waals surface area contributed by atoms with Gasteiger partial charge in [-0.15, -0.1) is 0 Å². The van der Waals surface area contributed by atoms with E-state index in [1.165, 1.54) is 0 Å². The normalized spacial score (nSPS) is 14.5. The minimum Gasteiger partial charge on any atom is -0.369 e. The molecule has 28 heavy (non-hydrogen) atoms. The summed E-state index contributed by atoms with van der Waals surface area (Å²) in [5.41, 5.74) is 7.86. The average Bonchev–Trinajstić information content (AvgIpc) is 2.69. The van der Waals surface area contributed by atoms with E-state index in [0.29, 0.717) is 16.8 Å². The molecule has 0 spiro atoms. The molecule has 0 unspecified atom stereocenters. The van der Waals surface area contributed by atoms with Crippen molar-refractivity contribution in [3.8, 4) is 0 Å².